The van der Waals surface area contributed by atoms with Gasteiger partial charge < -0.3 is 14.5 Å². The van der Waals surface area contributed by atoms with Gasteiger partial charge in [0.1, 0.15) is 25.1 Å². The molecule has 4 aromatic rings. The molecule has 2 aliphatic heterocycles. The molecule has 1 fully saturated rings. The summed E-state index contributed by atoms with van der Waals surface area (Å²) in [4.78, 5) is 18.8. The van der Waals surface area contributed by atoms with E-state index in [0.29, 0.717) is 54.1 Å². The molecule has 2 aromatic heterocycles. The first-order valence-corrected chi connectivity index (χ1v) is 12.3. The normalized spacial score (nSPS) is 18.9. The fraction of sp³-hybridized carbons (Fsp3) is 0.385. The Bertz CT molecular complexity index is 1450. The molecular formula is C26H27FN6O3. The van der Waals surface area contributed by atoms with Gasteiger partial charge in [-0.15, -0.1) is 5.10 Å². The molecule has 10 heteroatoms. The Morgan fingerprint density at radius 1 is 1.14 bits per heavy atom. The zero-order chi connectivity index (χ0) is 24.6. The van der Waals surface area contributed by atoms with E-state index < -0.39 is 6.04 Å². The monoisotopic (exact) mass is 490 g/mol. The SMILES string of the molecule is C[C@H]1CCCN([C@H](c2cc3cc4c(cc3[nH]c2=O)OCCO4)c2nnnn2Cc2ccc(F)cc2)C1. The van der Waals surface area contributed by atoms with Crippen molar-refractivity contribution in [3.63, 3.8) is 0 Å². The topological polar surface area (TPSA) is 98.2 Å². The van der Waals surface area contributed by atoms with Crippen molar-refractivity contribution in [2.45, 2.75) is 32.4 Å². The van der Waals surface area contributed by atoms with Gasteiger partial charge in [-0.1, -0.05) is 19.1 Å². The maximum Gasteiger partial charge on any atom is 0.253 e. The van der Waals surface area contributed by atoms with Crippen molar-refractivity contribution in [2.75, 3.05) is 26.3 Å². The average molecular weight is 491 g/mol. The van der Waals surface area contributed by atoms with Gasteiger partial charge in [-0.3, -0.25) is 9.69 Å². The number of hydrogen-bond donors (Lipinski definition) is 1. The maximum atomic E-state index is 13.5. The Hall–Kier alpha value is -3.79. The highest BCUT2D eigenvalue weighted by Gasteiger charge is 2.33. The van der Waals surface area contributed by atoms with Gasteiger partial charge in [-0.2, -0.15) is 0 Å². The molecular weight excluding hydrogens is 463 g/mol. The van der Waals surface area contributed by atoms with Crippen LogP contribution in [0.2, 0.25) is 0 Å². The van der Waals surface area contributed by atoms with Crippen molar-refractivity contribution in [2.24, 2.45) is 5.92 Å². The average Bonchev–Trinajstić information content (AvgIpc) is 3.32. The molecule has 4 heterocycles. The van der Waals surface area contributed by atoms with Gasteiger partial charge in [-0.25, -0.2) is 9.07 Å². The fourth-order valence-electron chi connectivity index (χ4n) is 5.20. The van der Waals surface area contributed by atoms with Crippen LogP contribution in [-0.2, 0) is 6.54 Å². The van der Waals surface area contributed by atoms with Crippen LogP contribution in [0.5, 0.6) is 11.5 Å². The molecule has 0 bridgehead atoms. The van der Waals surface area contributed by atoms with Crippen LogP contribution in [0.15, 0.2) is 47.3 Å². The Kier molecular flexibility index (Phi) is 5.88. The number of benzene rings is 2. The molecule has 6 rings (SSSR count). The highest BCUT2D eigenvalue weighted by atomic mass is 19.1. The number of aromatic amines is 1. The summed E-state index contributed by atoms with van der Waals surface area (Å²) in [7, 11) is 0. The third-order valence-electron chi connectivity index (χ3n) is 6.93. The van der Waals surface area contributed by atoms with Crippen LogP contribution >= 0.6 is 0 Å². The van der Waals surface area contributed by atoms with Crippen LogP contribution in [0, 0.1) is 11.7 Å². The number of halogens is 1. The van der Waals surface area contributed by atoms with E-state index in [0.717, 1.165) is 36.9 Å². The number of ether oxygens (including phenoxy) is 2. The van der Waals surface area contributed by atoms with Gasteiger partial charge in [0.2, 0.25) is 0 Å². The van der Waals surface area contributed by atoms with Crippen molar-refractivity contribution in [3.8, 4) is 11.5 Å². The smallest absolute Gasteiger partial charge is 0.253 e. The Labute approximate surface area is 206 Å². The third kappa shape index (κ3) is 4.32. The molecule has 1 N–H and O–H groups in total. The summed E-state index contributed by atoms with van der Waals surface area (Å²) in [6.45, 7) is 5.21. The van der Waals surface area contributed by atoms with Crippen LogP contribution in [0.4, 0.5) is 4.39 Å². The number of piperidine rings is 1. The van der Waals surface area contributed by atoms with Crippen LogP contribution in [-0.4, -0.2) is 56.4 Å². The number of hydrogen-bond acceptors (Lipinski definition) is 7. The number of nitrogens with zero attached hydrogens (tertiary/aromatic N) is 5. The number of likely N-dealkylation sites (tertiary alicyclic amines) is 1. The summed E-state index contributed by atoms with van der Waals surface area (Å²) < 4.78 is 26.6. The largest absolute Gasteiger partial charge is 0.486 e. The number of aromatic nitrogens is 5. The van der Waals surface area contributed by atoms with E-state index in [1.54, 1.807) is 16.8 Å². The molecule has 2 aromatic carbocycles. The van der Waals surface area contributed by atoms with Crippen molar-refractivity contribution >= 4 is 10.9 Å². The van der Waals surface area contributed by atoms with Crippen LogP contribution in [0.1, 0.15) is 42.8 Å². The summed E-state index contributed by atoms with van der Waals surface area (Å²) in [6.07, 6.45) is 2.17. The van der Waals surface area contributed by atoms with Crippen LogP contribution < -0.4 is 15.0 Å². The lowest BCUT2D eigenvalue weighted by Crippen LogP contribution is -2.41. The van der Waals surface area contributed by atoms with E-state index in [1.165, 1.54) is 12.1 Å². The van der Waals surface area contributed by atoms with Crippen LogP contribution in [0.3, 0.4) is 0 Å². The minimum atomic E-state index is -0.440. The quantitative estimate of drug-likeness (QED) is 0.458. The molecule has 9 nitrogen and oxygen atoms in total. The fourth-order valence-corrected chi connectivity index (χ4v) is 5.20. The molecule has 0 saturated carbocycles. The number of fused-ring (bicyclic) bond motifs is 2. The first kappa shape index (κ1) is 22.7. The summed E-state index contributed by atoms with van der Waals surface area (Å²) in [5.41, 5.74) is 1.93. The lowest BCUT2D eigenvalue weighted by atomic mass is 9.95. The Morgan fingerprint density at radius 2 is 1.92 bits per heavy atom. The van der Waals surface area contributed by atoms with Gasteiger partial charge in [-0.05, 0) is 65.6 Å². The standard InChI is InChI=1S/C26H27FN6O3/c1-16-3-2-8-32(14-16)24(25-29-30-31-33(25)15-17-4-6-19(27)7-5-17)20-11-18-12-22-23(36-10-9-35-22)13-21(18)28-26(20)34/h4-7,11-13,16,24H,2-3,8-10,14-15H2,1H3,(H,28,34)/t16-,24+/m0/s1. The molecule has 0 aliphatic carbocycles. The number of nitrogens with one attached hydrogen (secondary N) is 1. The summed E-state index contributed by atoms with van der Waals surface area (Å²) in [6, 6.07) is 11.5. The molecule has 2 atom stereocenters. The van der Waals surface area contributed by atoms with E-state index in [-0.39, 0.29) is 11.4 Å². The van der Waals surface area contributed by atoms with Crippen LogP contribution in [0.25, 0.3) is 10.9 Å². The highest BCUT2D eigenvalue weighted by Crippen LogP contribution is 2.36. The van der Waals surface area contributed by atoms with Crippen molar-refractivity contribution < 1.29 is 13.9 Å². The predicted molar refractivity (Wildman–Crippen MR) is 131 cm³/mol. The second-order valence-corrected chi connectivity index (χ2v) is 9.60. The van der Waals surface area contributed by atoms with E-state index in [2.05, 4.69) is 32.3 Å². The first-order valence-electron chi connectivity index (χ1n) is 12.3. The maximum absolute atomic E-state index is 13.5. The van der Waals surface area contributed by atoms with E-state index >= 15 is 0 Å². The number of tetrazole rings is 1. The third-order valence-corrected chi connectivity index (χ3v) is 6.93. The van der Waals surface area contributed by atoms with Crippen molar-refractivity contribution in [3.05, 3.63) is 75.6 Å². The lowest BCUT2D eigenvalue weighted by Gasteiger charge is -2.36. The molecule has 0 amide bonds. The Morgan fingerprint density at radius 3 is 2.69 bits per heavy atom. The number of H-pyrrole nitrogens is 1. The predicted octanol–water partition coefficient (Wildman–Crippen LogP) is 3.29. The molecule has 186 valence electrons. The minimum absolute atomic E-state index is 0.196. The van der Waals surface area contributed by atoms with Crippen molar-refractivity contribution in [1.29, 1.82) is 0 Å². The zero-order valence-electron chi connectivity index (χ0n) is 20.0. The lowest BCUT2D eigenvalue weighted by molar-refractivity contribution is 0.141. The zero-order valence-corrected chi connectivity index (χ0v) is 20.0. The molecule has 1 saturated heterocycles. The molecule has 0 radical (unpaired) electrons. The number of pyridine rings is 1. The van der Waals surface area contributed by atoms with E-state index in [9.17, 15) is 9.18 Å². The Balaban J connectivity index is 1.46. The van der Waals surface area contributed by atoms with Crippen molar-refractivity contribution in [1.82, 2.24) is 30.1 Å². The molecule has 2 aliphatic rings. The van der Waals surface area contributed by atoms with E-state index in [4.69, 9.17) is 9.47 Å². The summed E-state index contributed by atoms with van der Waals surface area (Å²) in [5.74, 6) is 2.06. The van der Waals surface area contributed by atoms with E-state index in [1.807, 2.05) is 18.2 Å². The second-order valence-electron chi connectivity index (χ2n) is 9.60. The van der Waals surface area contributed by atoms with Gasteiger partial charge in [0.05, 0.1) is 12.1 Å². The highest BCUT2D eigenvalue weighted by molar-refractivity contribution is 5.83. The summed E-state index contributed by atoms with van der Waals surface area (Å²) >= 11 is 0. The summed E-state index contributed by atoms with van der Waals surface area (Å²) in [5, 5.41) is 13.4. The molecule has 0 spiro atoms. The molecule has 0 unspecified atom stereocenters. The second kappa shape index (κ2) is 9.34. The van der Waals surface area contributed by atoms with Gasteiger partial charge >= 0.3 is 0 Å². The van der Waals surface area contributed by atoms with Gasteiger partial charge in [0.25, 0.3) is 5.56 Å². The first-order chi connectivity index (χ1) is 17.5. The minimum Gasteiger partial charge on any atom is -0.486 e. The number of rotatable bonds is 5. The van der Waals surface area contributed by atoms with Gasteiger partial charge in [0, 0.05) is 23.6 Å². The van der Waals surface area contributed by atoms with Gasteiger partial charge in [0.15, 0.2) is 17.3 Å². The molecule has 36 heavy (non-hydrogen) atoms.